The average Bonchev–Trinajstić information content (AvgIpc) is 2.41. The summed E-state index contributed by atoms with van der Waals surface area (Å²) in [5.74, 6) is -1.08. The van der Waals surface area contributed by atoms with Gasteiger partial charge in [-0.05, 0) is 24.3 Å². The minimum atomic E-state index is -0.588. The van der Waals surface area contributed by atoms with Crippen LogP contribution in [0.3, 0.4) is 0 Å². The van der Waals surface area contributed by atoms with Crippen LogP contribution in [-0.2, 0) is 0 Å². The van der Waals surface area contributed by atoms with Gasteiger partial charge in [0.05, 0.1) is 12.1 Å². The van der Waals surface area contributed by atoms with Crippen LogP contribution in [0.1, 0.15) is 10.5 Å². The number of anilines is 1. The van der Waals surface area contributed by atoms with E-state index >= 15 is 0 Å². The van der Waals surface area contributed by atoms with Gasteiger partial charge in [0.2, 0.25) is 0 Å². The number of hydrogen-bond donors (Lipinski definition) is 1. The van der Waals surface area contributed by atoms with Crippen LogP contribution in [0.5, 0.6) is 5.75 Å². The second kappa shape index (κ2) is 6.07. The third-order valence-electron chi connectivity index (χ3n) is 2.44. The van der Waals surface area contributed by atoms with Gasteiger partial charge in [0, 0.05) is 11.8 Å². The van der Waals surface area contributed by atoms with E-state index in [2.05, 4.69) is 10.3 Å². The van der Waals surface area contributed by atoms with E-state index in [-0.39, 0.29) is 27.3 Å². The summed E-state index contributed by atoms with van der Waals surface area (Å²) in [6.07, 6.45) is 0. The third-order valence-corrected chi connectivity index (χ3v) is 2.95. The molecule has 0 aliphatic rings. The van der Waals surface area contributed by atoms with Gasteiger partial charge < -0.3 is 10.1 Å². The molecule has 2 rings (SSSR count). The van der Waals surface area contributed by atoms with E-state index in [1.165, 1.54) is 31.4 Å². The zero-order valence-corrected chi connectivity index (χ0v) is 11.8. The van der Waals surface area contributed by atoms with Crippen molar-refractivity contribution in [2.75, 3.05) is 12.4 Å². The first kappa shape index (κ1) is 14.6. The van der Waals surface area contributed by atoms with Gasteiger partial charge in [-0.15, -0.1) is 0 Å². The lowest BCUT2D eigenvalue weighted by molar-refractivity contribution is 0.102. The van der Waals surface area contributed by atoms with Crippen molar-refractivity contribution < 1.29 is 13.9 Å². The monoisotopic (exact) mass is 314 g/mol. The van der Waals surface area contributed by atoms with Gasteiger partial charge in [0.1, 0.15) is 10.8 Å². The average molecular weight is 315 g/mol. The number of carbonyl (C=O) groups excluding carboxylic acids is 1. The smallest absolute Gasteiger partial charge is 0.275 e. The molecule has 1 N–H and O–H groups in total. The SMILES string of the molecule is COc1ccc(NC(=O)c2nc(Cl)ccc2Cl)cc1F. The summed E-state index contributed by atoms with van der Waals surface area (Å²) in [5.41, 5.74) is 0.224. The van der Waals surface area contributed by atoms with Crippen LogP contribution in [0.4, 0.5) is 10.1 Å². The van der Waals surface area contributed by atoms with Crippen molar-refractivity contribution in [1.82, 2.24) is 4.98 Å². The highest BCUT2D eigenvalue weighted by molar-refractivity contribution is 6.35. The summed E-state index contributed by atoms with van der Waals surface area (Å²) in [4.78, 5) is 15.8. The van der Waals surface area contributed by atoms with E-state index in [0.29, 0.717) is 0 Å². The molecule has 0 atom stereocenters. The number of nitrogens with zero attached hydrogens (tertiary/aromatic N) is 1. The fourth-order valence-electron chi connectivity index (χ4n) is 1.51. The fraction of sp³-hybridized carbons (Fsp3) is 0.0769. The Morgan fingerprint density at radius 2 is 2.05 bits per heavy atom. The van der Waals surface area contributed by atoms with Gasteiger partial charge in [-0.3, -0.25) is 4.79 Å². The molecule has 0 spiro atoms. The molecular weight excluding hydrogens is 306 g/mol. The maximum atomic E-state index is 13.5. The third kappa shape index (κ3) is 3.18. The van der Waals surface area contributed by atoms with Crippen molar-refractivity contribution in [2.24, 2.45) is 0 Å². The molecular formula is C13H9Cl2FN2O2. The van der Waals surface area contributed by atoms with Crippen LogP contribution in [0.2, 0.25) is 10.2 Å². The molecule has 0 bridgehead atoms. The molecule has 4 nitrogen and oxygen atoms in total. The van der Waals surface area contributed by atoms with Crippen molar-refractivity contribution >= 4 is 34.8 Å². The molecule has 0 aliphatic carbocycles. The lowest BCUT2D eigenvalue weighted by atomic mass is 10.2. The second-order valence-corrected chi connectivity index (χ2v) is 4.56. The van der Waals surface area contributed by atoms with E-state index in [1.807, 2.05) is 0 Å². The van der Waals surface area contributed by atoms with E-state index in [0.717, 1.165) is 6.07 Å². The Labute approximate surface area is 124 Å². The lowest BCUT2D eigenvalue weighted by Gasteiger charge is -2.08. The number of methoxy groups -OCH3 is 1. The predicted octanol–water partition coefficient (Wildman–Crippen LogP) is 3.79. The summed E-state index contributed by atoms with van der Waals surface area (Å²) in [7, 11) is 1.35. The Morgan fingerprint density at radius 1 is 1.30 bits per heavy atom. The summed E-state index contributed by atoms with van der Waals surface area (Å²) >= 11 is 11.6. The second-order valence-electron chi connectivity index (χ2n) is 3.77. The molecule has 1 amide bonds. The Bertz CT molecular complexity index is 665. The maximum absolute atomic E-state index is 13.5. The number of nitrogens with one attached hydrogen (secondary N) is 1. The van der Waals surface area contributed by atoms with Crippen LogP contribution in [0.15, 0.2) is 30.3 Å². The molecule has 1 aromatic carbocycles. The standard InChI is InChI=1S/C13H9Cl2FN2O2/c1-20-10-4-2-7(6-9(10)16)17-13(19)12-8(14)3-5-11(15)18-12/h2-6H,1H3,(H,17,19). The Kier molecular flexibility index (Phi) is 4.42. The molecule has 1 heterocycles. The first-order valence-corrected chi connectivity index (χ1v) is 6.24. The molecule has 0 unspecified atom stereocenters. The molecule has 20 heavy (non-hydrogen) atoms. The molecule has 1 aromatic heterocycles. The molecule has 0 radical (unpaired) electrons. The Hall–Kier alpha value is -1.85. The van der Waals surface area contributed by atoms with E-state index in [1.54, 1.807) is 0 Å². The molecule has 0 saturated heterocycles. The van der Waals surface area contributed by atoms with Crippen molar-refractivity contribution in [3.05, 3.63) is 52.0 Å². The lowest BCUT2D eigenvalue weighted by Crippen LogP contribution is -2.14. The van der Waals surface area contributed by atoms with Gasteiger partial charge in [-0.2, -0.15) is 0 Å². The Morgan fingerprint density at radius 3 is 2.70 bits per heavy atom. The van der Waals surface area contributed by atoms with Crippen LogP contribution in [0, 0.1) is 5.82 Å². The van der Waals surface area contributed by atoms with Crippen molar-refractivity contribution in [3.63, 3.8) is 0 Å². The molecule has 2 aromatic rings. The van der Waals surface area contributed by atoms with Crippen molar-refractivity contribution in [1.29, 1.82) is 0 Å². The van der Waals surface area contributed by atoms with Crippen LogP contribution >= 0.6 is 23.2 Å². The van der Waals surface area contributed by atoms with Gasteiger partial charge in [-0.1, -0.05) is 23.2 Å². The number of amides is 1. The van der Waals surface area contributed by atoms with Crippen LogP contribution < -0.4 is 10.1 Å². The number of ether oxygens (including phenoxy) is 1. The minimum absolute atomic E-state index is 0.0320. The first-order chi connectivity index (χ1) is 9.51. The number of hydrogen-bond acceptors (Lipinski definition) is 3. The highest BCUT2D eigenvalue weighted by Gasteiger charge is 2.14. The number of aromatic nitrogens is 1. The quantitative estimate of drug-likeness (QED) is 0.877. The minimum Gasteiger partial charge on any atom is -0.494 e. The maximum Gasteiger partial charge on any atom is 0.275 e. The molecule has 104 valence electrons. The van der Waals surface area contributed by atoms with Crippen LogP contribution in [-0.4, -0.2) is 18.0 Å². The first-order valence-electron chi connectivity index (χ1n) is 5.48. The zero-order chi connectivity index (χ0) is 14.7. The highest BCUT2D eigenvalue weighted by Crippen LogP contribution is 2.22. The van der Waals surface area contributed by atoms with Gasteiger partial charge in [0.15, 0.2) is 11.6 Å². The van der Waals surface area contributed by atoms with E-state index in [4.69, 9.17) is 27.9 Å². The van der Waals surface area contributed by atoms with Gasteiger partial charge in [-0.25, -0.2) is 9.37 Å². The summed E-state index contributed by atoms with van der Waals surface area (Å²) in [5, 5.41) is 2.77. The number of halogens is 3. The number of rotatable bonds is 3. The largest absolute Gasteiger partial charge is 0.494 e. The molecule has 0 aliphatic heterocycles. The zero-order valence-electron chi connectivity index (χ0n) is 10.3. The summed E-state index contributed by atoms with van der Waals surface area (Å²) in [6.45, 7) is 0. The predicted molar refractivity (Wildman–Crippen MR) is 75.2 cm³/mol. The van der Waals surface area contributed by atoms with Gasteiger partial charge in [0.25, 0.3) is 5.91 Å². The summed E-state index contributed by atoms with van der Waals surface area (Å²) in [6, 6.07) is 6.96. The molecule has 0 fully saturated rings. The topological polar surface area (TPSA) is 51.2 Å². The van der Waals surface area contributed by atoms with Crippen molar-refractivity contribution in [3.8, 4) is 5.75 Å². The molecule has 0 saturated carbocycles. The highest BCUT2D eigenvalue weighted by atomic mass is 35.5. The Balaban J connectivity index is 2.23. The number of carbonyl (C=O) groups is 1. The number of pyridine rings is 1. The van der Waals surface area contributed by atoms with E-state index in [9.17, 15) is 9.18 Å². The van der Waals surface area contributed by atoms with Crippen molar-refractivity contribution in [2.45, 2.75) is 0 Å². The molecule has 7 heteroatoms. The van der Waals surface area contributed by atoms with E-state index < -0.39 is 11.7 Å². The fourth-order valence-corrected chi connectivity index (χ4v) is 1.85. The summed E-state index contributed by atoms with van der Waals surface area (Å²) < 4.78 is 18.3. The number of benzene rings is 1. The normalized spacial score (nSPS) is 10.2. The van der Waals surface area contributed by atoms with Gasteiger partial charge >= 0.3 is 0 Å². The van der Waals surface area contributed by atoms with Crippen LogP contribution in [0.25, 0.3) is 0 Å².